The fraction of sp³-hybridized carbons (Fsp3) is 0. The van der Waals surface area contributed by atoms with Crippen molar-refractivity contribution in [2.75, 3.05) is 0 Å². The Morgan fingerprint density at radius 1 is 1.33 bits per heavy atom. The van der Waals surface area contributed by atoms with E-state index in [1.165, 1.54) is 6.07 Å². The molecule has 0 spiro atoms. The van der Waals surface area contributed by atoms with Gasteiger partial charge in [-0.1, -0.05) is 17.7 Å². The second-order valence-electron chi connectivity index (χ2n) is 3.71. The van der Waals surface area contributed by atoms with E-state index >= 15 is 0 Å². The number of nitrogens with zero attached hydrogens (tertiary/aromatic N) is 2. The number of halogens is 3. The lowest BCUT2D eigenvalue weighted by molar-refractivity contribution is 0.628. The van der Waals surface area contributed by atoms with Crippen LogP contribution in [0.2, 0.25) is 5.02 Å². The molecule has 0 aliphatic rings. The van der Waals surface area contributed by atoms with Gasteiger partial charge in [0.1, 0.15) is 11.6 Å². The lowest BCUT2D eigenvalue weighted by Gasteiger charge is -2.00. The highest BCUT2D eigenvalue weighted by Crippen LogP contribution is 2.29. The maximum absolute atomic E-state index is 13.4. The Hall–Kier alpha value is -1.46. The minimum atomic E-state index is -0.469. The van der Waals surface area contributed by atoms with Crippen molar-refractivity contribution in [3.05, 3.63) is 45.8 Å². The van der Waals surface area contributed by atoms with Gasteiger partial charge in [-0.05, 0) is 34.1 Å². The van der Waals surface area contributed by atoms with Crippen molar-refractivity contribution < 1.29 is 4.39 Å². The minimum Gasteiger partial charge on any atom is -0.336 e. The smallest absolute Gasteiger partial charge is 0.178 e. The Morgan fingerprint density at radius 2 is 2.17 bits per heavy atom. The molecule has 3 nitrogen and oxygen atoms in total. The zero-order chi connectivity index (χ0) is 12.7. The number of rotatable bonds is 1. The molecule has 0 saturated heterocycles. The summed E-state index contributed by atoms with van der Waals surface area (Å²) in [6, 6.07) is 6.46. The van der Waals surface area contributed by atoms with Crippen molar-refractivity contribution in [3.8, 4) is 11.4 Å². The van der Waals surface area contributed by atoms with Crippen LogP contribution in [0.15, 0.2) is 34.9 Å². The van der Waals surface area contributed by atoms with Crippen LogP contribution >= 0.6 is 27.5 Å². The van der Waals surface area contributed by atoms with Gasteiger partial charge in [0.25, 0.3) is 0 Å². The van der Waals surface area contributed by atoms with E-state index < -0.39 is 5.82 Å². The normalized spacial score (nSPS) is 11.1. The SMILES string of the molecule is Fc1cccc(-c2nc3ncc(Br)cc3[nH]2)c1Cl. The number of hydrogen-bond acceptors (Lipinski definition) is 2. The maximum atomic E-state index is 13.4. The maximum Gasteiger partial charge on any atom is 0.178 e. The van der Waals surface area contributed by atoms with Crippen molar-refractivity contribution in [2.45, 2.75) is 0 Å². The molecule has 0 aliphatic carbocycles. The Bertz CT molecular complexity index is 741. The number of nitrogens with one attached hydrogen (secondary N) is 1. The number of aromatic amines is 1. The number of aromatic nitrogens is 3. The number of fused-ring (bicyclic) bond motifs is 1. The summed E-state index contributed by atoms with van der Waals surface area (Å²) in [5, 5.41) is 0.0515. The van der Waals surface area contributed by atoms with Gasteiger partial charge in [-0.3, -0.25) is 0 Å². The van der Waals surface area contributed by atoms with E-state index in [0.717, 1.165) is 9.99 Å². The van der Waals surface area contributed by atoms with Crippen molar-refractivity contribution in [1.82, 2.24) is 15.0 Å². The van der Waals surface area contributed by atoms with Crippen molar-refractivity contribution in [1.29, 1.82) is 0 Å². The summed E-state index contributed by atoms with van der Waals surface area (Å²) < 4.78 is 14.2. The number of imidazole rings is 1. The third-order valence-corrected chi connectivity index (χ3v) is 3.33. The van der Waals surface area contributed by atoms with Gasteiger partial charge >= 0.3 is 0 Å². The topological polar surface area (TPSA) is 41.6 Å². The molecule has 1 aromatic carbocycles. The number of hydrogen-bond donors (Lipinski definition) is 1. The molecule has 90 valence electrons. The van der Waals surface area contributed by atoms with Gasteiger partial charge in [0.2, 0.25) is 0 Å². The molecule has 0 radical (unpaired) electrons. The third kappa shape index (κ3) is 1.89. The van der Waals surface area contributed by atoms with Crippen LogP contribution in [0.4, 0.5) is 4.39 Å². The molecule has 0 atom stereocenters. The highest BCUT2D eigenvalue weighted by Gasteiger charge is 2.12. The van der Waals surface area contributed by atoms with Crippen LogP contribution < -0.4 is 0 Å². The minimum absolute atomic E-state index is 0.0515. The van der Waals surface area contributed by atoms with Crippen LogP contribution in [0, 0.1) is 5.82 Å². The molecule has 0 unspecified atom stereocenters. The molecule has 0 saturated carbocycles. The third-order valence-electron chi connectivity index (χ3n) is 2.51. The van der Waals surface area contributed by atoms with Crippen LogP contribution in [0.5, 0.6) is 0 Å². The first kappa shape index (κ1) is 11.6. The van der Waals surface area contributed by atoms with E-state index in [1.54, 1.807) is 18.3 Å². The fourth-order valence-corrected chi connectivity index (χ4v) is 2.24. The summed E-state index contributed by atoms with van der Waals surface area (Å²) in [6.45, 7) is 0. The van der Waals surface area contributed by atoms with Crippen molar-refractivity contribution in [3.63, 3.8) is 0 Å². The summed E-state index contributed by atoms with van der Waals surface area (Å²) in [4.78, 5) is 11.5. The quantitative estimate of drug-likeness (QED) is 0.729. The second kappa shape index (κ2) is 4.33. The Kier molecular flexibility index (Phi) is 2.80. The molecular formula is C12H6BrClFN3. The molecule has 0 bridgehead atoms. The highest BCUT2D eigenvalue weighted by atomic mass is 79.9. The molecule has 2 heterocycles. The summed E-state index contributed by atoms with van der Waals surface area (Å²) >= 11 is 9.25. The number of pyridine rings is 1. The van der Waals surface area contributed by atoms with E-state index in [-0.39, 0.29) is 5.02 Å². The molecule has 3 rings (SSSR count). The molecule has 18 heavy (non-hydrogen) atoms. The Balaban J connectivity index is 2.22. The molecule has 0 aliphatic heterocycles. The average molecular weight is 327 g/mol. The van der Waals surface area contributed by atoms with Crippen molar-refractivity contribution >= 4 is 38.7 Å². The molecule has 0 fully saturated rings. The first-order valence-electron chi connectivity index (χ1n) is 5.11. The first-order chi connectivity index (χ1) is 8.65. The summed E-state index contributed by atoms with van der Waals surface area (Å²) in [5.74, 6) is 0.0314. The zero-order valence-corrected chi connectivity index (χ0v) is 11.3. The number of benzene rings is 1. The van der Waals surface area contributed by atoms with Gasteiger partial charge in [0.15, 0.2) is 5.65 Å². The molecule has 6 heteroatoms. The highest BCUT2D eigenvalue weighted by molar-refractivity contribution is 9.10. The standard InChI is InChI=1S/C12H6BrClFN3/c13-6-4-9-12(16-5-6)18-11(17-9)7-2-1-3-8(15)10(7)14/h1-5H,(H,16,17,18). The molecule has 0 amide bonds. The van der Waals surface area contributed by atoms with E-state index in [0.29, 0.717) is 17.0 Å². The van der Waals surface area contributed by atoms with Crippen LogP contribution in [0.25, 0.3) is 22.6 Å². The van der Waals surface area contributed by atoms with E-state index in [1.807, 2.05) is 6.07 Å². The van der Waals surface area contributed by atoms with Crippen LogP contribution in [0.3, 0.4) is 0 Å². The largest absolute Gasteiger partial charge is 0.336 e. The number of H-pyrrole nitrogens is 1. The fourth-order valence-electron chi connectivity index (χ4n) is 1.69. The molecular weight excluding hydrogens is 321 g/mol. The predicted molar refractivity (Wildman–Crippen MR) is 72.0 cm³/mol. The second-order valence-corrected chi connectivity index (χ2v) is 5.01. The van der Waals surface area contributed by atoms with E-state index in [4.69, 9.17) is 11.6 Å². The van der Waals surface area contributed by atoms with Gasteiger partial charge in [-0.2, -0.15) is 0 Å². The van der Waals surface area contributed by atoms with Crippen LogP contribution in [-0.2, 0) is 0 Å². The average Bonchev–Trinajstić information content (AvgIpc) is 2.75. The lowest BCUT2D eigenvalue weighted by Crippen LogP contribution is -1.85. The first-order valence-corrected chi connectivity index (χ1v) is 6.28. The van der Waals surface area contributed by atoms with Gasteiger partial charge in [0, 0.05) is 16.2 Å². The summed E-state index contributed by atoms with van der Waals surface area (Å²) in [5.41, 5.74) is 1.85. The van der Waals surface area contributed by atoms with Crippen LogP contribution in [-0.4, -0.2) is 15.0 Å². The Labute approximate surface area is 115 Å². The monoisotopic (exact) mass is 325 g/mol. The molecule has 2 aromatic heterocycles. The van der Waals surface area contributed by atoms with Gasteiger partial charge in [-0.25, -0.2) is 14.4 Å². The lowest BCUT2D eigenvalue weighted by atomic mass is 10.2. The van der Waals surface area contributed by atoms with E-state index in [2.05, 4.69) is 30.9 Å². The summed E-state index contributed by atoms with van der Waals surface area (Å²) in [7, 11) is 0. The summed E-state index contributed by atoms with van der Waals surface area (Å²) in [6.07, 6.45) is 1.65. The zero-order valence-electron chi connectivity index (χ0n) is 8.92. The van der Waals surface area contributed by atoms with Gasteiger partial charge in [-0.15, -0.1) is 0 Å². The predicted octanol–water partition coefficient (Wildman–Crippen LogP) is 4.18. The Morgan fingerprint density at radius 3 is 3.00 bits per heavy atom. The van der Waals surface area contributed by atoms with Gasteiger partial charge < -0.3 is 4.98 Å². The molecule has 3 aromatic rings. The van der Waals surface area contributed by atoms with E-state index in [9.17, 15) is 4.39 Å². The van der Waals surface area contributed by atoms with Crippen molar-refractivity contribution in [2.24, 2.45) is 0 Å². The van der Waals surface area contributed by atoms with Crippen LogP contribution in [0.1, 0.15) is 0 Å². The molecule has 1 N–H and O–H groups in total. The van der Waals surface area contributed by atoms with Gasteiger partial charge in [0.05, 0.1) is 10.5 Å².